The Morgan fingerprint density at radius 3 is 2.36 bits per heavy atom. The number of anilines is 1. The van der Waals surface area contributed by atoms with Crippen molar-refractivity contribution < 1.29 is 19.0 Å². The first-order valence-electron chi connectivity index (χ1n) is 10.7. The summed E-state index contributed by atoms with van der Waals surface area (Å²) in [6.45, 7) is 3.48. The molecular formula is C25H31N3O4S. The minimum Gasteiger partial charge on any atom is -0.494 e. The summed E-state index contributed by atoms with van der Waals surface area (Å²) in [5.41, 5.74) is 2.74. The second-order valence-corrected chi connectivity index (χ2v) is 8.83. The number of fused-ring (bicyclic) bond motifs is 1. The summed E-state index contributed by atoms with van der Waals surface area (Å²) in [4.78, 5) is 21.9. The number of thiazole rings is 1. The number of aryl methyl sites for hydroxylation is 1. The molecule has 3 aromatic rings. The zero-order valence-electron chi connectivity index (χ0n) is 20.0. The van der Waals surface area contributed by atoms with Crippen molar-refractivity contribution >= 4 is 38.7 Å². The van der Waals surface area contributed by atoms with Crippen molar-refractivity contribution in [1.29, 1.82) is 0 Å². The predicted octanol–water partition coefficient (Wildman–Crippen LogP) is 4.63. The Morgan fingerprint density at radius 1 is 1.00 bits per heavy atom. The fourth-order valence-corrected chi connectivity index (χ4v) is 4.52. The van der Waals surface area contributed by atoms with Crippen molar-refractivity contribution in [2.45, 2.75) is 13.3 Å². The van der Waals surface area contributed by atoms with Gasteiger partial charge in [0.15, 0.2) is 16.6 Å². The molecule has 1 aromatic heterocycles. The van der Waals surface area contributed by atoms with Gasteiger partial charge in [0.25, 0.3) is 5.91 Å². The van der Waals surface area contributed by atoms with Gasteiger partial charge in [0, 0.05) is 12.6 Å². The van der Waals surface area contributed by atoms with Gasteiger partial charge in [-0.1, -0.05) is 23.5 Å². The van der Waals surface area contributed by atoms with Gasteiger partial charge >= 0.3 is 0 Å². The van der Waals surface area contributed by atoms with Crippen LogP contribution >= 0.6 is 11.3 Å². The largest absolute Gasteiger partial charge is 0.494 e. The highest BCUT2D eigenvalue weighted by Gasteiger charge is 2.20. The van der Waals surface area contributed by atoms with E-state index >= 15 is 0 Å². The maximum atomic E-state index is 13.3. The highest BCUT2D eigenvalue weighted by Crippen LogP contribution is 2.36. The fraction of sp³-hybridized carbons (Fsp3) is 0.360. The number of benzene rings is 2. The van der Waals surface area contributed by atoms with Crippen molar-refractivity contribution in [3.63, 3.8) is 0 Å². The van der Waals surface area contributed by atoms with Crippen LogP contribution < -0.4 is 19.1 Å². The number of carbonyl (C=O) groups excluding carboxylic acids is 1. The topological polar surface area (TPSA) is 64.1 Å². The lowest BCUT2D eigenvalue weighted by atomic mass is 10.2. The standard InChI is InChI=1S/C25H31N3O4S/c1-17-8-11-20(31-5)23-24(17)33-25(26-23)28(15-7-14-27(2)3)22(29)13-10-18-9-12-19(30-4)21(16-18)32-6/h8-13,16H,7,14-15H2,1-6H3/b13-10+. The number of hydrogen-bond donors (Lipinski definition) is 0. The van der Waals surface area contributed by atoms with Gasteiger partial charge < -0.3 is 19.1 Å². The molecule has 1 amide bonds. The molecule has 0 spiro atoms. The lowest BCUT2D eigenvalue weighted by Crippen LogP contribution is -2.32. The molecule has 3 rings (SSSR count). The highest BCUT2D eigenvalue weighted by atomic mass is 32.1. The first-order valence-corrected chi connectivity index (χ1v) is 11.5. The summed E-state index contributed by atoms with van der Waals surface area (Å²) in [7, 11) is 8.86. The lowest BCUT2D eigenvalue weighted by Gasteiger charge is -2.19. The lowest BCUT2D eigenvalue weighted by molar-refractivity contribution is -0.114. The molecule has 2 aromatic carbocycles. The molecule has 7 nitrogen and oxygen atoms in total. The maximum Gasteiger partial charge on any atom is 0.252 e. The van der Waals surface area contributed by atoms with Crippen LogP contribution in [0.1, 0.15) is 17.5 Å². The van der Waals surface area contributed by atoms with E-state index < -0.39 is 0 Å². The zero-order valence-corrected chi connectivity index (χ0v) is 20.9. The Hall–Kier alpha value is -3.10. The third-order valence-electron chi connectivity index (χ3n) is 5.22. The van der Waals surface area contributed by atoms with Crippen LogP contribution in [0.3, 0.4) is 0 Å². The van der Waals surface area contributed by atoms with Crippen LogP contribution in [0.5, 0.6) is 17.2 Å². The molecule has 0 bridgehead atoms. The normalized spacial score (nSPS) is 11.4. The molecule has 0 atom stereocenters. The van der Waals surface area contributed by atoms with E-state index in [0.717, 1.165) is 34.3 Å². The van der Waals surface area contributed by atoms with Gasteiger partial charge in [-0.05, 0) is 69.4 Å². The van der Waals surface area contributed by atoms with Crippen molar-refractivity contribution in [3.8, 4) is 17.2 Å². The fourth-order valence-electron chi connectivity index (χ4n) is 3.44. The van der Waals surface area contributed by atoms with Crippen LogP contribution in [0.4, 0.5) is 5.13 Å². The minimum absolute atomic E-state index is 0.126. The van der Waals surface area contributed by atoms with Crippen LogP contribution in [-0.2, 0) is 4.79 Å². The Labute approximate surface area is 199 Å². The molecule has 0 radical (unpaired) electrons. The SMILES string of the molecule is COc1ccc(/C=C/C(=O)N(CCCN(C)C)c2nc3c(OC)ccc(C)c3s2)cc1OC. The number of ether oxygens (including phenoxy) is 3. The number of methoxy groups -OCH3 is 3. The number of hydrogen-bond acceptors (Lipinski definition) is 7. The number of aromatic nitrogens is 1. The molecule has 0 saturated heterocycles. The molecule has 0 aliphatic heterocycles. The molecule has 0 aliphatic rings. The van der Waals surface area contributed by atoms with Gasteiger partial charge in [-0.15, -0.1) is 0 Å². The molecule has 176 valence electrons. The summed E-state index contributed by atoms with van der Waals surface area (Å²) in [6, 6.07) is 9.47. The summed E-state index contributed by atoms with van der Waals surface area (Å²) in [6.07, 6.45) is 4.18. The van der Waals surface area contributed by atoms with E-state index in [4.69, 9.17) is 19.2 Å². The molecule has 1 heterocycles. The zero-order chi connectivity index (χ0) is 24.0. The Balaban J connectivity index is 1.92. The smallest absolute Gasteiger partial charge is 0.252 e. The van der Waals surface area contributed by atoms with Crippen molar-refractivity contribution in [2.75, 3.05) is 53.4 Å². The first kappa shape index (κ1) is 24.5. The highest BCUT2D eigenvalue weighted by molar-refractivity contribution is 7.22. The summed E-state index contributed by atoms with van der Waals surface area (Å²) in [5.74, 6) is 1.84. The average molecular weight is 470 g/mol. The summed E-state index contributed by atoms with van der Waals surface area (Å²) < 4.78 is 17.2. The van der Waals surface area contributed by atoms with Gasteiger partial charge in [-0.2, -0.15) is 0 Å². The summed E-state index contributed by atoms with van der Waals surface area (Å²) in [5, 5.41) is 0.665. The molecule has 0 N–H and O–H groups in total. The van der Waals surface area contributed by atoms with E-state index in [1.165, 1.54) is 11.3 Å². The number of rotatable bonds is 10. The van der Waals surface area contributed by atoms with Gasteiger partial charge in [0.1, 0.15) is 11.3 Å². The monoisotopic (exact) mass is 469 g/mol. The molecule has 0 aliphatic carbocycles. The molecule has 0 unspecified atom stereocenters. The molecular weight excluding hydrogens is 438 g/mol. The van der Waals surface area contributed by atoms with E-state index in [0.29, 0.717) is 28.9 Å². The second-order valence-electron chi connectivity index (χ2n) is 7.85. The minimum atomic E-state index is -0.126. The van der Waals surface area contributed by atoms with Crippen LogP contribution in [0.25, 0.3) is 16.3 Å². The van der Waals surface area contributed by atoms with Gasteiger partial charge in [-0.25, -0.2) is 4.98 Å². The van der Waals surface area contributed by atoms with E-state index in [2.05, 4.69) is 4.90 Å². The molecule has 33 heavy (non-hydrogen) atoms. The van der Waals surface area contributed by atoms with Gasteiger partial charge in [-0.3, -0.25) is 9.69 Å². The molecule has 0 fully saturated rings. The number of nitrogens with zero attached hydrogens (tertiary/aromatic N) is 3. The Bertz CT molecular complexity index is 1140. The molecule has 8 heteroatoms. The van der Waals surface area contributed by atoms with Gasteiger partial charge in [0.2, 0.25) is 0 Å². The third kappa shape index (κ3) is 5.83. The van der Waals surface area contributed by atoms with Crippen molar-refractivity contribution in [1.82, 2.24) is 9.88 Å². The molecule has 0 saturated carbocycles. The van der Waals surface area contributed by atoms with E-state index in [1.807, 2.05) is 51.4 Å². The van der Waals surface area contributed by atoms with E-state index in [9.17, 15) is 4.79 Å². The number of amides is 1. The Kier molecular flexibility index (Phi) is 8.30. The maximum absolute atomic E-state index is 13.3. The second kappa shape index (κ2) is 11.2. The van der Waals surface area contributed by atoms with Crippen LogP contribution in [-0.4, -0.2) is 64.3 Å². The first-order chi connectivity index (χ1) is 15.9. The van der Waals surface area contributed by atoms with Gasteiger partial charge in [0.05, 0.1) is 26.0 Å². The van der Waals surface area contributed by atoms with Crippen molar-refractivity contribution in [2.24, 2.45) is 0 Å². The average Bonchev–Trinajstić information content (AvgIpc) is 3.26. The predicted molar refractivity (Wildman–Crippen MR) is 135 cm³/mol. The van der Waals surface area contributed by atoms with Crippen molar-refractivity contribution in [3.05, 3.63) is 47.5 Å². The number of carbonyl (C=O) groups is 1. The van der Waals surface area contributed by atoms with Crippen LogP contribution in [0.15, 0.2) is 36.4 Å². The van der Waals surface area contributed by atoms with Crippen LogP contribution in [0, 0.1) is 6.92 Å². The Morgan fingerprint density at radius 2 is 1.70 bits per heavy atom. The summed E-state index contributed by atoms with van der Waals surface area (Å²) >= 11 is 1.51. The quantitative estimate of drug-likeness (QED) is 0.404. The van der Waals surface area contributed by atoms with E-state index in [-0.39, 0.29) is 5.91 Å². The van der Waals surface area contributed by atoms with Crippen LogP contribution in [0.2, 0.25) is 0 Å². The third-order valence-corrected chi connectivity index (χ3v) is 6.44. The van der Waals surface area contributed by atoms with E-state index in [1.54, 1.807) is 38.4 Å².